The summed E-state index contributed by atoms with van der Waals surface area (Å²) in [6.07, 6.45) is 0. The molecule has 23 heavy (non-hydrogen) atoms. The lowest BCUT2D eigenvalue weighted by Gasteiger charge is -2.03. The highest BCUT2D eigenvalue weighted by molar-refractivity contribution is 7.98. The Bertz CT molecular complexity index is 1020. The fourth-order valence-electron chi connectivity index (χ4n) is 2.28. The van der Waals surface area contributed by atoms with Crippen molar-refractivity contribution in [1.29, 1.82) is 0 Å². The van der Waals surface area contributed by atoms with Gasteiger partial charge in [-0.25, -0.2) is 15.0 Å². The Morgan fingerprint density at radius 3 is 2.83 bits per heavy atom. The number of thioether (sulfide) groups is 1. The van der Waals surface area contributed by atoms with Crippen LogP contribution in [0, 0.1) is 0 Å². The molecule has 5 nitrogen and oxygen atoms in total. The van der Waals surface area contributed by atoms with Crippen molar-refractivity contribution in [1.82, 2.24) is 15.0 Å². The van der Waals surface area contributed by atoms with Gasteiger partial charge in [0, 0.05) is 10.4 Å². The molecule has 7 heteroatoms. The molecule has 0 saturated carbocycles. The van der Waals surface area contributed by atoms with Crippen molar-refractivity contribution in [2.24, 2.45) is 0 Å². The lowest BCUT2D eigenvalue weighted by molar-refractivity contribution is 0.489. The monoisotopic (exact) mass is 342 g/mol. The highest BCUT2D eigenvalue weighted by atomic mass is 35.5. The highest BCUT2D eigenvalue weighted by Gasteiger charge is 2.10. The summed E-state index contributed by atoms with van der Waals surface area (Å²) in [4.78, 5) is 13.3. The predicted octanol–water partition coefficient (Wildman–Crippen LogP) is 4.30. The first-order valence-corrected chi connectivity index (χ1v) is 8.25. The van der Waals surface area contributed by atoms with Crippen LogP contribution in [-0.4, -0.2) is 15.0 Å². The Hall–Kier alpha value is -2.31. The first kappa shape index (κ1) is 14.3. The van der Waals surface area contributed by atoms with Crippen molar-refractivity contribution in [3.05, 3.63) is 53.3 Å². The number of oxazole rings is 1. The normalized spacial score (nSPS) is 11.3. The van der Waals surface area contributed by atoms with Crippen molar-refractivity contribution in [2.75, 3.05) is 5.73 Å². The molecule has 0 unspecified atom stereocenters. The molecule has 0 spiro atoms. The zero-order valence-electron chi connectivity index (χ0n) is 11.9. The molecular formula is C16H11ClN4OS. The number of rotatable bonds is 3. The standard InChI is InChI=1S/C16H11ClN4OS/c17-9-5-6-13-12(7-9)20-16(22-13)23-8-14-19-11-4-2-1-3-10(11)15(18)21-14/h1-7H,8H2,(H2,18,19,21). The molecule has 4 aromatic rings. The molecule has 2 aromatic carbocycles. The molecule has 0 saturated heterocycles. The molecule has 0 radical (unpaired) electrons. The fourth-order valence-corrected chi connectivity index (χ4v) is 3.14. The summed E-state index contributed by atoms with van der Waals surface area (Å²) in [5.74, 6) is 1.65. The van der Waals surface area contributed by atoms with Gasteiger partial charge in [0.15, 0.2) is 5.58 Å². The Balaban J connectivity index is 1.60. The van der Waals surface area contributed by atoms with E-state index in [1.165, 1.54) is 11.8 Å². The van der Waals surface area contributed by atoms with Crippen molar-refractivity contribution in [3.8, 4) is 0 Å². The lowest BCUT2D eigenvalue weighted by Crippen LogP contribution is -1.99. The summed E-state index contributed by atoms with van der Waals surface area (Å²) in [5, 5.41) is 2.04. The second kappa shape index (κ2) is 5.72. The second-order valence-electron chi connectivity index (χ2n) is 4.92. The van der Waals surface area contributed by atoms with Gasteiger partial charge in [0.25, 0.3) is 5.22 Å². The largest absolute Gasteiger partial charge is 0.431 e. The minimum atomic E-state index is 0.482. The molecule has 0 fully saturated rings. The Kier molecular flexibility index (Phi) is 3.55. The van der Waals surface area contributed by atoms with Crippen molar-refractivity contribution >= 4 is 51.2 Å². The lowest BCUT2D eigenvalue weighted by atomic mass is 10.2. The van der Waals surface area contributed by atoms with Gasteiger partial charge < -0.3 is 10.2 Å². The minimum Gasteiger partial charge on any atom is -0.431 e. The number of benzene rings is 2. The van der Waals surface area contributed by atoms with E-state index < -0.39 is 0 Å². The molecular weight excluding hydrogens is 332 g/mol. The van der Waals surface area contributed by atoms with Gasteiger partial charge in [-0.2, -0.15) is 0 Å². The van der Waals surface area contributed by atoms with Crippen LogP contribution in [0.3, 0.4) is 0 Å². The molecule has 0 aliphatic heterocycles. The van der Waals surface area contributed by atoms with Crippen LogP contribution < -0.4 is 5.73 Å². The van der Waals surface area contributed by atoms with Crippen LogP contribution in [0.4, 0.5) is 5.82 Å². The first-order valence-electron chi connectivity index (χ1n) is 6.89. The van der Waals surface area contributed by atoms with Crippen molar-refractivity contribution in [3.63, 3.8) is 0 Å². The van der Waals surface area contributed by atoms with Crippen LogP contribution in [0.25, 0.3) is 22.0 Å². The fraction of sp³-hybridized carbons (Fsp3) is 0.0625. The van der Waals surface area contributed by atoms with E-state index in [2.05, 4.69) is 15.0 Å². The van der Waals surface area contributed by atoms with Gasteiger partial charge in [0.2, 0.25) is 0 Å². The van der Waals surface area contributed by atoms with Gasteiger partial charge in [-0.05, 0) is 30.3 Å². The van der Waals surface area contributed by atoms with Gasteiger partial charge >= 0.3 is 0 Å². The number of nitrogens with two attached hydrogens (primary N) is 1. The van der Waals surface area contributed by atoms with Gasteiger partial charge in [0.05, 0.1) is 11.3 Å². The number of fused-ring (bicyclic) bond motifs is 2. The van der Waals surface area contributed by atoms with E-state index in [0.29, 0.717) is 33.2 Å². The number of halogens is 1. The predicted molar refractivity (Wildman–Crippen MR) is 92.5 cm³/mol. The molecule has 0 amide bonds. The van der Waals surface area contributed by atoms with E-state index in [1.807, 2.05) is 24.3 Å². The highest BCUT2D eigenvalue weighted by Crippen LogP contribution is 2.28. The summed E-state index contributed by atoms with van der Waals surface area (Å²) in [5.41, 5.74) is 8.26. The third kappa shape index (κ3) is 2.83. The van der Waals surface area contributed by atoms with Crippen LogP contribution in [0.1, 0.15) is 5.82 Å². The van der Waals surface area contributed by atoms with Gasteiger partial charge in [0.1, 0.15) is 17.2 Å². The summed E-state index contributed by atoms with van der Waals surface area (Å²) in [7, 11) is 0. The van der Waals surface area contributed by atoms with E-state index in [0.717, 1.165) is 16.4 Å². The zero-order chi connectivity index (χ0) is 15.8. The summed E-state index contributed by atoms with van der Waals surface area (Å²) in [6.45, 7) is 0. The molecule has 2 heterocycles. The molecule has 0 aliphatic rings. The molecule has 2 N–H and O–H groups in total. The van der Waals surface area contributed by atoms with Crippen LogP contribution >= 0.6 is 23.4 Å². The quantitative estimate of drug-likeness (QED) is 0.559. The SMILES string of the molecule is Nc1nc(CSc2nc3cc(Cl)ccc3o2)nc2ccccc12. The molecule has 0 bridgehead atoms. The zero-order valence-corrected chi connectivity index (χ0v) is 13.4. The maximum atomic E-state index is 5.99. The van der Waals surface area contributed by atoms with Crippen LogP contribution in [-0.2, 0) is 5.75 Å². The third-order valence-electron chi connectivity index (χ3n) is 3.33. The smallest absolute Gasteiger partial charge is 0.257 e. The van der Waals surface area contributed by atoms with Crippen molar-refractivity contribution < 1.29 is 4.42 Å². The molecule has 4 rings (SSSR count). The van der Waals surface area contributed by atoms with E-state index in [4.69, 9.17) is 21.8 Å². The van der Waals surface area contributed by atoms with Gasteiger partial charge in [-0.1, -0.05) is 35.5 Å². The number of para-hydroxylation sites is 1. The summed E-state index contributed by atoms with van der Waals surface area (Å²) in [6, 6.07) is 13.0. The Morgan fingerprint density at radius 1 is 1.04 bits per heavy atom. The van der Waals surface area contributed by atoms with Crippen LogP contribution in [0.5, 0.6) is 0 Å². The number of anilines is 1. The Morgan fingerprint density at radius 2 is 1.91 bits per heavy atom. The number of nitrogen functional groups attached to an aromatic ring is 1. The first-order chi connectivity index (χ1) is 11.2. The van der Waals surface area contributed by atoms with E-state index >= 15 is 0 Å². The van der Waals surface area contributed by atoms with E-state index in [1.54, 1.807) is 18.2 Å². The van der Waals surface area contributed by atoms with E-state index in [9.17, 15) is 0 Å². The topological polar surface area (TPSA) is 77.8 Å². The van der Waals surface area contributed by atoms with Gasteiger partial charge in [-0.15, -0.1) is 0 Å². The molecule has 0 atom stereocenters. The minimum absolute atomic E-state index is 0.482. The maximum Gasteiger partial charge on any atom is 0.257 e. The number of hydrogen-bond donors (Lipinski definition) is 1. The maximum absolute atomic E-state index is 5.99. The number of aromatic nitrogens is 3. The van der Waals surface area contributed by atoms with Crippen molar-refractivity contribution in [2.45, 2.75) is 11.0 Å². The average Bonchev–Trinajstić information content (AvgIpc) is 2.95. The molecule has 114 valence electrons. The average molecular weight is 343 g/mol. The third-order valence-corrected chi connectivity index (χ3v) is 4.39. The van der Waals surface area contributed by atoms with Gasteiger partial charge in [-0.3, -0.25) is 0 Å². The molecule has 0 aliphatic carbocycles. The number of hydrogen-bond acceptors (Lipinski definition) is 6. The van der Waals surface area contributed by atoms with E-state index in [-0.39, 0.29) is 0 Å². The Labute approximate surface area is 140 Å². The second-order valence-corrected chi connectivity index (χ2v) is 6.29. The number of nitrogens with zero attached hydrogens (tertiary/aromatic N) is 3. The van der Waals surface area contributed by atoms with Crippen LogP contribution in [0.2, 0.25) is 5.02 Å². The summed E-state index contributed by atoms with van der Waals surface area (Å²) >= 11 is 7.37. The van der Waals surface area contributed by atoms with Crippen LogP contribution in [0.15, 0.2) is 52.1 Å². The summed E-state index contributed by atoms with van der Waals surface area (Å²) < 4.78 is 5.67. The molecule has 2 aromatic heterocycles.